The van der Waals surface area contributed by atoms with Gasteiger partial charge in [-0.15, -0.1) is 0 Å². The molecule has 0 bridgehead atoms. The number of nitrogens with two attached hydrogens (primary N) is 2. The third-order valence-electron chi connectivity index (χ3n) is 5.40. The number of hydrogen-bond acceptors (Lipinski definition) is 5. The summed E-state index contributed by atoms with van der Waals surface area (Å²) in [5.74, 6) is 0.416. The van der Waals surface area contributed by atoms with Crippen LogP contribution in [0.25, 0.3) is 28.3 Å². The smallest absolute Gasteiger partial charge is 0.330 e. The van der Waals surface area contributed by atoms with E-state index in [0.717, 1.165) is 33.6 Å². The zero-order valence-corrected chi connectivity index (χ0v) is 19.4. The van der Waals surface area contributed by atoms with Crippen LogP contribution in [0.1, 0.15) is 12.0 Å². The molecule has 4 N–H and O–H groups in total. The molecule has 0 heterocycles. The lowest BCUT2D eigenvalue weighted by Crippen LogP contribution is -2.06. The molecule has 4 aromatic carbocycles. The molecule has 0 fully saturated rings. The van der Waals surface area contributed by atoms with Gasteiger partial charge in [0.15, 0.2) is 0 Å². The number of esters is 1. The molecule has 0 amide bonds. The van der Waals surface area contributed by atoms with E-state index in [-0.39, 0.29) is 5.97 Å². The predicted octanol–water partition coefficient (Wildman–Crippen LogP) is 6.21. The predicted molar refractivity (Wildman–Crippen MR) is 143 cm³/mol. The molecule has 5 heteroatoms. The fourth-order valence-electron chi connectivity index (χ4n) is 3.64. The van der Waals surface area contributed by atoms with E-state index in [1.54, 1.807) is 12.1 Å². The first-order valence-corrected chi connectivity index (χ1v) is 11.5. The van der Waals surface area contributed by atoms with Gasteiger partial charge in [0, 0.05) is 23.9 Å². The second-order valence-corrected chi connectivity index (χ2v) is 8.10. The fourth-order valence-corrected chi connectivity index (χ4v) is 3.64. The summed E-state index contributed by atoms with van der Waals surface area (Å²) in [5, 5.41) is 0. The van der Waals surface area contributed by atoms with Gasteiger partial charge in [0.05, 0.1) is 13.2 Å². The molecule has 5 nitrogen and oxygen atoms in total. The molecule has 0 saturated heterocycles. The Labute approximate surface area is 205 Å². The summed E-state index contributed by atoms with van der Waals surface area (Å²) in [7, 11) is 0. The van der Waals surface area contributed by atoms with E-state index in [1.807, 2.05) is 66.7 Å². The summed E-state index contributed by atoms with van der Waals surface area (Å²) in [6.45, 7) is 0.772. The summed E-state index contributed by atoms with van der Waals surface area (Å²) >= 11 is 0. The lowest BCUT2D eigenvalue weighted by molar-refractivity contribution is -0.137. The number of carbonyl (C=O) groups excluding carboxylic acids is 1. The highest BCUT2D eigenvalue weighted by molar-refractivity contribution is 5.87. The molecule has 0 unspecified atom stereocenters. The highest BCUT2D eigenvalue weighted by Crippen LogP contribution is 2.28. The van der Waals surface area contributed by atoms with Crippen molar-refractivity contribution in [2.45, 2.75) is 6.42 Å². The molecule has 0 radical (unpaired) electrons. The average Bonchev–Trinajstić information content (AvgIpc) is 2.88. The van der Waals surface area contributed by atoms with Gasteiger partial charge in [0.25, 0.3) is 0 Å². The summed E-state index contributed by atoms with van der Waals surface area (Å²) in [4.78, 5) is 11.8. The molecule has 0 spiro atoms. The van der Waals surface area contributed by atoms with Crippen LogP contribution in [-0.4, -0.2) is 19.2 Å². The molecule has 0 atom stereocenters. The molecule has 176 valence electrons. The summed E-state index contributed by atoms with van der Waals surface area (Å²) in [6, 6.07) is 31.4. The standard InChI is InChI=1S/C30H28N2O3/c31-27-19-26(20-28(32)21-27)25-10-8-23(9-11-25)24-12-14-29(15-13-24)34-17-4-18-35-30(33)16-7-22-5-2-1-3-6-22/h1-3,5-16,19-21H,4,17-18,31-32H2. The minimum Gasteiger partial charge on any atom is -0.493 e. The molecule has 0 aliphatic heterocycles. The topological polar surface area (TPSA) is 87.6 Å². The summed E-state index contributed by atoms with van der Waals surface area (Å²) < 4.78 is 11.0. The quantitative estimate of drug-likeness (QED) is 0.133. The van der Waals surface area contributed by atoms with Gasteiger partial charge in [0.2, 0.25) is 0 Å². The van der Waals surface area contributed by atoms with Gasteiger partial charge in [-0.2, -0.15) is 0 Å². The maximum Gasteiger partial charge on any atom is 0.330 e. The normalized spacial score (nSPS) is 10.9. The van der Waals surface area contributed by atoms with Crippen LogP contribution in [0.2, 0.25) is 0 Å². The Bertz CT molecular complexity index is 1260. The fraction of sp³-hybridized carbons (Fsp3) is 0.100. The van der Waals surface area contributed by atoms with E-state index in [4.69, 9.17) is 20.9 Å². The monoisotopic (exact) mass is 464 g/mol. The Morgan fingerprint density at radius 2 is 1.26 bits per heavy atom. The van der Waals surface area contributed by atoms with E-state index in [1.165, 1.54) is 6.08 Å². The first kappa shape index (κ1) is 23.6. The van der Waals surface area contributed by atoms with E-state index in [2.05, 4.69) is 24.3 Å². The molecule has 4 rings (SSSR count). The van der Waals surface area contributed by atoms with Crippen molar-refractivity contribution in [2.75, 3.05) is 24.7 Å². The lowest BCUT2D eigenvalue weighted by atomic mass is 9.99. The molecular weight excluding hydrogens is 436 g/mol. The molecule has 0 aromatic heterocycles. The van der Waals surface area contributed by atoms with Crippen molar-refractivity contribution in [3.63, 3.8) is 0 Å². The number of anilines is 2. The van der Waals surface area contributed by atoms with Crippen LogP contribution < -0.4 is 16.2 Å². The maximum atomic E-state index is 11.8. The Hall–Kier alpha value is -4.51. The van der Waals surface area contributed by atoms with Crippen LogP contribution in [0.4, 0.5) is 11.4 Å². The van der Waals surface area contributed by atoms with Crippen LogP contribution in [-0.2, 0) is 9.53 Å². The van der Waals surface area contributed by atoms with Gasteiger partial charge in [-0.1, -0.05) is 66.7 Å². The van der Waals surface area contributed by atoms with Crippen molar-refractivity contribution in [2.24, 2.45) is 0 Å². The average molecular weight is 465 g/mol. The van der Waals surface area contributed by atoms with Crippen molar-refractivity contribution in [3.05, 3.63) is 109 Å². The van der Waals surface area contributed by atoms with E-state index in [0.29, 0.717) is 31.0 Å². The van der Waals surface area contributed by atoms with Crippen molar-refractivity contribution in [1.82, 2.24) is 0 Å². The van der Waals surface area contributed by atoms with Gasteiger partial charge < -0.3 is 20.9 Å². The number of carbonyl (C=O) groups is 1. The van der Waals surface area contributed by atoms with E-state index < -0.39 is 0 Å². The Morgan fingerprint density at radius 3 is 1.89 bits per heavy atom. The Kier molecular flexibility index (Phi) is 7.81. The Morgan fingerprint density at radius 1 is 0.686 bits per heavy atom. The minimum absolute atomic E-state index is 0.307. The number of benzene rings is 4. The van der Waals surface area contributed by atoms with Gasteiger partial charge in [-0.05, 0) is 64.2 Å². The zero-order valence-electron chi connectivity index (χ0n) is 19.4. The largest absolute Gasteiger partial charge is 0.493 e. The van der Waals surface area contributed by atoms with Crippen LogP contribution in [0.3, 0.4) is 0 Å². The Balaban J connectivity index is 1.22. The van der Waals surface area contributed by atoms with Crippen molar-refractivity contribution >= 4 is 23.4 Å². The molecule has 4 aromatic rings. The molecular formula is C30H28N2O3. The van der Waals surface area contributed by atoms with E-state index in [9.17, 15) is 4.79 Å². The van der Waals surface area contributed by atoms with Crippen molar-refractivity contribution in [3.8, 4) is 28.0 Å². The first-order chi connectivity index (χ1) is 17.1. The maximum absolute atomic E-state index is 11.8. The second kappa shape index (κ2) is 11.6. The minimum atomic E-state index is -0.358. The molecule has 0 saturated carbocycles. The number of nitrogen functional groups attached to an aromatic ring is 2. The van der Waals surface area contributed by atoms with Crippen molar-refractivity contribution < 1.29 is 14.3 Å². The van der Waals surface area contributed by atoms with Crippen LogP contribution in [0.15, 0.2) is 103 Å². The second-order valence-electron chi connectivity index (χ2n) is 8.10. The highest BCUT2D eigenvalue weighted by atomic mass is 16.5. The van der Waals surface area contributed by atoms with Gasteiger partial charge in [-0.3, -0.25) is 0 Å². The highest BCUT2D eigenvalue weighted by Gasteiger charge is 2.04. The van der Waals surface area contributed by atoms with Crippen molar-refractivity contribution in [1.29, 1.82) is 0 Å². The number of ether oxygens (including phenoxy) is 2. The zero-order chi connectivity index (χ0) is 24.5. The molecule has 0 aliphatic rings. The number of hydrogen-bond donors (Lipinski definition) is 2. The van der Waals surface area contributed by atoms with Crippen LogP contribution in [0.5, 0.6) is 5.75 Å². The molecule has 0 aliphatic carbocycles. The van der Waals surface area contributed by atoms with Gasteiger partial charge >= 0.3 is 5.97 Å². The lowest BCUT2D eigenvalue weighted by Gasteiger charge is -2.09. The third-order valence-corrected chi connectivity index (χ3v) is 5.40. The van der Waals surface area contributed by atoms with Gasteiger partial charge in [-0.25, -0.2) is 4.79 Å². The first-order valence-electron chi connectivity index (χ1n) is 11.5. The molecule has 35 heavy (non-hydrogen) atoms. The summed E-state index contributed by atoms with van der Waals surface area (Å²) in [5.41, 5.74) is 18.3. The number of rotatable bonds is 9. The summed E-state index contributed by atoms with van der Waals surface area (Å²) in [6.07, 6.45) is 3.79. The van der Waals surface area contributed by atoms with Gasteiger partial charge in [0.1, 0.15) is 5.75 Å². The third kappa shape index (κ3) is 6.98. The van der Waals surface area contributed by atoms with E-state index >= 15 is 0 Å². The van der Waals surface area contributed by atoms with Crippen LogP contribution in [0, 0.1) is 0 Å². The van der Waals surface area contributed by atoms with Crippen LogP contribution >= 0.6 is 0 Å². The SMILES string of the molecule is Nc1cc(N)cc(-c2ccc(-c3ccc(OCCCOC(=O)C=Cc4ccccc4)cc3)cc2)c1.